The van der Waals surface area contributed by atoms with Crippen molar-refractivity contribution in [1.29, 1.82) is 5.26 Å². The van der Waals surface area contributed by atoms with Gasteiger partial charge < -0.3 is 10.6 Å². The van der Waals surface area contributed by atoms with Crippen molar-refractivity contribution in [3.63, 3.8) is 0 Å². The Balaban J connectivity index is 1.51. The van der Waals surface area contributed by atoms with Crippen molar-refractivity contribution >= 4 is 17.7 Å². The molecule has 5 nitrogen and oxygen atoms in total. The number of nitrogens with one attached hydrogen (secondary N) is 2. The molecule has 0 aliphatic heterocycles. The Morgan fingerprint density at radius 1 is 1.31 bits per heavy atom. The second-order valence-corrected chi connectivity index (χ2v) is 8.63. The third-order valence-electron chi connectivity index (χ3n) is 7.09. The number of rotatable bonds is 3. The Hall–Kier alpha value is -2.35. The summed E-state index contributed by atoms with van der Waals surface area (Å²) in [6, 6.07) is 3.02. The summed E-state index contributed by atoms with van der Waals surface area (Å²) in [6.07, 6.45) is 12.3. The fraction of sp³-hybridized carbons (Fsp3) is 0.571. The molecule has 134 valence electrons. The van der Waals surface area contributed by atoms with Crippen LogP contribution in [0.5, 0.6) is 0 Å². The van der Waals surface area contributed by atoms with Crippen molar-refractivity contribution in [1.82, 2.24) is 10.3 Å². The zero-order valence-corrected chi connectivity index (χ0v) is 15.1. The Morgan fingerprint density at radius 3 is 2.77 bits per heavy atom. The summed E-state index contributed by atoms with van der Waals surface area (Å²) in [4.78, 5) is 16.9. The number of amides is 1. The second-order valence-electron chi connectivity index (χ2n) is 8.63. The maximum absolute atomic E-state index is 12.4. The monoisotopic (exact) mass is 348 g/mol. The van der Waals surface area contributed by atoms with Gasteiger partial charge in [-0.1, -0.05) is 12.2 Å². The molecule has 5 heteroatoms. The molecule has 5 aliphatic rings. The van der Waals surface area contributed by atoms with Gasteiger partial charge in [-0.25, -0.2) is 0 Å². The van der Waals surface area contributed by atoms with Gasteiger partial charge in [0.2, 0.25) is 0 Å². The lowest BCUT2D eigenvalue weighted by Gasteiger charge is -2.58. The summed E-state index contributed by atoms with van der Waals surface area (Å²) in [6.45, 7) is 0. The number of pyridine rings is 1. The molecule has 1 heterocycles. The Morgan fingerprint density at radius 2 is 2.08 bits per heavy atom. The third-order valence-corrected chi connectivity index (χ3v) is 7.09. The van der Waals surface area contributed by atoms with Gasteiger partial charge in [-0.05, 0) is 49.9 Å². The molecule has 5 aliphatic carbocycles. The number of carbonyl (C=O) groups is 1. The number of hydrogen-bond acceptors (Lipinski definition) is 4. The number of nitriles is 1. The first-order chi connectivity index (χ1) is 12.6. The first kappa shape index (κ1) is 15.9. The number of anilines is 1. The molecular weight excluding hydrogens is 324 g/mol. The van der Waals surface area contributed by atoms with Crippen LogP contribution in [-0.4, -0.2) is 24.0 Å². The van der Waals surface area contributed by atoms with Gasteiger partial charge in [0, 0.05) is 31.3 Å². The molecule has 0 saturated heterocycles. The summed E-state index contributed by atoms with van der Waals surface area (Å²) in [5.74, 6) is 1.69. The maximum Gasteiger partial charge on any atom is 0.254 e. The van der Waals surface area contributed by atoms with Crippen LogP contribution in [0.25, 0.3) is 6.08 Å². The molecular formula is C21H24N4O. The normalized spacial score (nSPS) is 35.8. The minimum Gasteiger partial charge on any atom is -0.381 e. The number of allylic oxidation sites excluding steroid dienone is 1. The molecule has 4 saturated carbocycles. The number of hydrogen-bond donors (Lipinski definition) is 2. The maximum atomic E-state index is 12.4. The predicted molar refractivity (Wildman–Crippen MR) is 99.4 cm³/mol. The van der Waals surface area contributed by atoms with Gasteiger partial charge in [0.1, 0.15) is 0 Å². The van der Waals surface area contributed by atoms with E-state index in [1.807, 2.05) is 0 Å². The third kappa shape index (κ3) is 2.21. The summed E-state index contributed by atoms with van der Waals surface area (Å²) >= 11 is 0. The average Bonchev–Trinajstić information content (AvgIpc) is 3.12. The zero-order chi connectivity index (χ0) is 17.9. The van der Waals surface area contributed by atoms with E-state index >= 15 is 0 Å². The van der Waals surface area contributed by atoms with E-state index in [1.54, 1.807) is 13.2 Å². The van der Waals surface area contributed by atoms with E-state index < -0.39 is 0 Å². The first-order valence-electron chi connectivity index (χ1n) is 9.71. The van der Waals surface area contributed by atoms with Crippen LogP contribution in [0.1, 0.15) is 53.7 Å². The molecule has 0 aromatic carbocycles. The molecule has 2 atom stereocenters. The summed E-state index contributed by atoms with van der Waals surface area (Å²) in [7, 11) is 1.66. The van der Waals surface area contributed by atoms with Crippen molar-refractivity contribution < 1.29 is 4.79 Å². The first-order valence-corrected chi connectivity index (χ1v) is 9.71. The van der Waals surface area contributed by atoms with Gasteiger partial charge in [0.25, 0.3) is 5.91 Å². The van der Waals surface area contributed by atoms with Crippen LogP contribution < -0.4 is 10.6 Å². The van der Waals surface area contributed by atoms with E-state index in [1.165, 1.54) is 12.8 Å². The van der Waals surface area contributed by atoms with Gasteiger partial charge in [-0.3, -0.25) is 9.78 Å². The minimum absolute atomic E-state index is 0.0849. The van der Waals surface area contributed by atoms with Gasteiger partial charge in [-0.15, -0.1) is 0 Å². The molecule has 26 heavy (non-hydrogen) atoms. The summed E-state index contributed by atoms with van der Waals surface area (Å²) in [5.41, 5.74) is 3.58. The fourth-order valence-corrected chi connectivity index (χ4v) is 6.22. The highest BCUT2D eigenvalue weighted by atomic mass is 16.1. The minimum atomic E-state index is -0.0968. The summed E-state index contributed by atoms with van der Waals surface area (Å²) < 4.78 is 0. The van der Waals surface area contributed by atoms with Crippen LogP contribution in [0.3, 0.4) is 0 Å². The lowest BCUT2D eigenvalue weighted by atomic mass is 9.48. The van der Waals surface area contributed by atoms with Crippen molar-refractivity contribution in [2.24, 2.45) is 23.2 Å². The zero-order valence-electron chi connectivity index (χ0n) is 15.1. The fourth-order valence-electron chi connectivity index (χ4n) is 6.22. The Kier molecular flexibility index (Phi) is 3.40. The smallest absolute Gasteiger partial charge is 0.254 e. The highest BCUT2D eigenvalue weighted by Crippen LogP contribution is 2.60. The van der Waals surface area contributed by atoms with Crippen LogP contribution in [0.4, 0.5) is 5.69 Å². The largest absolute Gasteiger partial charge is 0.381 e. The van der Waals surface area contributed by atoms with Gasteiger partial charge in [0.05, 0.1) is 28.4 Å². The van der Waals surface area contributed by atoms with Gasteiger partial charge in [0.15, 0.2) is 0 Å². The Labute approximate surface area is 153 Å². The average molecular weight is 348 g/mol. The Bertz CT molecular complexity index is 836. The van der Waals surface area contributed by atoms with Crippen molar-refractivity contribution in [2.75, 3.05) is 12.4 Å². The van der Waals surface area contributed by atoms with E-state index in [-0.39, 0.29) is 11.3 Å². The van der Waals surface area contributed by atoms with Crippen molar-refractivity contribution in [3.05, 3.63) is 29.1 Å². The van der Waals surface area contributed by atoms with Crippen LogP contribution >= 0.6 is 0 Å². The second kappa shape index (κ2) is 5.57. The standard InChI is InChI=1S/C21H24N4O/c1-23-20(26)16-10-24-17-4-2-3-15(17)19(16)25-18-13-5-12-6-14(18)9-21(7-12,8-13)11-22/h2-3,10,12-14,18H,4-9H2,1H3,(H,23,26)(H,24,25). The van der Waals surface area contributed by atoms with E-state index in [0.29, 0.717) is 29.4 Å². The van der Waals surface area contributed by atoms with E-state index in [0.717, 1.165) is 42.6 Å². The predicted octanol–water partition coefficient (Wildman–Crippen LogP) is 3.14. The number of carbonyl (C=O) groups excluding carboxylic acids is 1. The van der Waals surface area contributed by atoms with Crippen molar-refractivity contribution in [2.45, 2.75) is 44.6 Å². The molecule has 4 bridgehead atoms. The molecule has 0 spiro atoms. The molecule has 1 amide bonds. The van der Waals surface area contributed by atoms with Crippen LogP contribution in [-0.2, 0) is 6.42 Å². The topological polar surface area (TPSA) is 77.8 Å². The molecule has 1 aromatic rings. The molecule has 1 aromatic heterocycles. The van der Waals surface area contributed by atoms with Crippen LogP contribution in [0.15, 0.2) is 12.3 Å². The number of nitrogens with zero attached hydrogens (tertiary/aromatic N) is 2. The summed E-state index contributed by atoms with van der Waals surface area (Å²) in [5, 5.41) is 16.3. The number of fused-ring (bicyclic) bond motifs is 1. The molecule has 2 unspecified atom stereocenters. The molecule has 2 N–H and O–H groups in total. The lowest BCUT2D eigenvalue weighted by Crippen LogP contribution is -2.55. The molecule has 4 fully saturated rings. The van der Waals surface area contributed by atoms with E-state index in [2.05, 4.69) is 33.8 Å². The number of aromatic nitrogens is 1. The van der Waals surface area contributed by atoms with E-state index in [9.17, 15) is 10.1 Å². The highest BCUT2D eigenvalue weighted by molar-refractivity contribution is 6.01. The van der Waals surface area contributed by atoms with Gasteiger partial charge >= 0.3 is 0 Å². The molecule has 0 radical (unpaired) electrons. The van der Waals surface area contributed by atoms with E-state index in [4.69, 9.17) is 0 Å². The van der Waals surface area contributed by atoms with Crippen LogP contribution in [0.2, 0.25) is 0 Å². The quantitative estimate of drug-likeness (QED) is 0.880. The SMILES string of the molecule is CNC(=O)c1cnc2c(c1NC1C3CC4CC1CC(C#N)(C4)C3)C=CC2. The van der Waals surface area contributed by atoms with Gasteiger partial charge in [-0.2, -0.15) is 5.26 Å². The highest BCUT2D eigenvalue weighted by Gasteiger charge is 2.55. The lowest BCUT2D eigenvalue weighted by molar-refractivity contribution is -0.0296. The van der Waals surface area contributed by atoms with Crippen molar-refractivity contribution in [3.8, 4) is 6.07 Å². The molecule has 6 rings (SSSR count). The van der Waals surface area contributed by atoms with Crippen LogP contribution in [0, 0.1) is 34.5 Å².